The van der Waals surface area contributed by atoms with Gasteiger partial charge >= 0.3 is 5.97 Å². The Morgan fingerprint density at radius 3 is 1.65 bits per heavy atom. The van der Waals surface area contributed by atoms with Crippen molar-refractivity contribution in [2.75, 3.05) is 0 Å². The standard InChI is InChI=1S/C19H23NO3/c1-19(2,23)17(18(21)22)20(13-15-9-5-3-6-10-15)14-16-11-7-4-8-12-16/h3-12,17,23H,13-14H2,1-2H3,(H,21,22)/t17-/m1/s1. The molecule has 0 unspecified atom stereocenters. The quantitative estimate of drug-likeness (QED) is 0.825. The fourth-order valence-electron chi connectivity index (χ4n) is 2.78. The molecular weight excluding hydrogens is 290 g/mol. The molecule has 2 aromatic carbocycles. The van der Waals surface area contributed by atoms with Crippen molar-refractivity contribution in [3.8, 4) is 0 Å². The van der Waals surface area contributed by atoms with E-state index >= 15 is 0 Å². The van der Waals surface area contributed by atoms with E-state index in [0.29, 0.717) is 13.1 Å². The average Bonchev–Trinajstić information content (AvgIpc) is 2.47. The van der Waals surface area contributed by atoms with E-state index in [1.807, 2.05) is 60.7 Å². The molecule has 0 saturated carbocycles. The summed E-state index contributed by atoms with van der Waals surface area (Å²) in [5.74, 6) is -1.02. The number of hydrogen-bond acceptors (Lipinski definition) is 3. The van der Waals surface area contributed by atoms with Crippen molar-refractivity contribution < 1.29 is 15.0 Å². The van der Waals surface area contributed by atoms with Crippen LogP contribution in [0.2, 0.25) is 0 Å². The van der Waals surface area contributed by atoms with Crippen LogP contribution in [0.25, 0.3) is 0 Å². The van der Waals surface area contributed by atoms with Gasteiger partial charge in [-0.2, -0.15) is 0 Å². The Labute approximate surface area is 137 Å². The number of aliphatic hydroxyl groups is 1. The van der Waals surface area contributed by atoms with Crippen LogP contribution in [0.3, 0.4) is 0 Å². The van der Waals surface area contributed by atoms with Gasteiger partial charge in [0.2, 0.25) is 0 Å². The molecule has 0 radical (unpaired) electrons. The predicted molar refractivity (Wildman–Crippen MR) is 89.9 cm³/mol. The Morgan fingerprint density at radius 1 is 0.957 bits per heavy atom. The van der Waals surface area contributed by atoms with Gasteiger partial charge in [-0.3, -0.25) is 9.69 Å². The summed E-state index contributed by atoms with van der Waals surface area (Å²) in [7, 11) is 0. The monoisotopic (exact) mass is 313 g/mol. The molecular formula is C19H23NO3. The Morgan fingerprint density at radius 2 is 1.35 bits per heavy atom. The van der Waals surface area contributed by atoms with Crippen molar-refractivity contribution in [2.45, 2.75) is 38.6 Å². The van der Waals surface area contributed by atoms with E-state index in [9.17, 15) is 15.0 Å². The van der Waals surface area contributed by atoms with Gasteiger partial charge < -0.3 is 10.2 Å². The summed E-state index contributed by atoms with van der Waals surface area (Å²) in [4.78, 5) is 13.6. The molecule has 2 N–H and O–H groups in total. The third-order valence-corrected chi connectivity index (χ3v) is 3.73. The summed E-state index contributed by atoms with van der Waals surface area (Å²) in [5.41, 5.74) is 0.674. The zero-order valence-corrected chi connectivity index (χ0v) is 13.5. The molecule has 0 spiro atoms. The number of nitrogens with zero attached hydrogens (tertiary/aromatic N) is 1. The summed E-state index contributed by atoms with van der Waals surface area (Å²) in [5, 5.41) is 20.0. The Balaban J connectivity index is 2.31. The van der Waals surface area contributed by atoms with Crippen molar-refractivity contribution in [2.24, 2.45) is 0 Å². The number of rotatable bonds is 7. The molecule has 23 heavy (non-hydrogen) atoms. The molecule has 2 aromatic rings. The molecule has 4 heteroatoms. The van der Waals surface area contributed by atoms with E-state index in [4.69, 9.17) is 0 Å². The van der Waals surface area contributed by atoms with Crippen molar-refractivity contribution >= 4 is 5.97 Å². The number of carboxylic acid groups (broad SMARTS) is 1. The molecule has 4 nitrogen and oxygen atoms in total. The van der Waals surface area contributed by atoms with E-state index in [-0.39, 0.29) is 0 Å². The van der Waals surface area contributed by atoms with Crippen LogP contribution in [0.5, 0.6) is 0 Å². The van der Waals surface area contributed by atoms with E-state index in [1.54, 1.807) is 4.90 Å². The third-order valence-electron chi connectivity index (χ3n) is 3.73. The highest BCUT2D eigenvalue weighted by atomic mass is 16.4. The molecule has 0 heterocycles. The number of benzene rings is 2. The molecule has 122 valence electrons. The maximum Gasteiger partial charge on any atom is 0.323 e. The largest absolute Gasteiger partial charge is 0.480 e. The minimum Gasteiger partial charge on any atom is -0.480 e. The molecule has 0 saturated heterocycles. The van der Waals surface area contributed by atoms with Crippen LogP contribution >= 0.6 is 0 Å². The molecule has 0 aliphatic heterocycles. The minimum atomic E-state index is -1.35. The molecule has 2 rings (SSSR count). The SMILES string of the molecule is CC(C)(O)[C@@H](C(=O)O)N(Cc1ccccc1)Cc1ccccc1. The van der Waals surface area contributed by atoms with Gasteiger partial charge in [-0.15, -0.1) is 0 Å². The number of hydrogen-bond donors (Lipinski definition) is 2. The van der Waals surface area contributed by atoms with Gasteiger partial charge in [-0.05, 0) is 25.0 Å². The normalized spacial score (nSPS) is 13.0. The van der Waals surface area contributed by atoms with Crippen molar-refractivity contribution in [1.82, 2.24) is 4.90 Å². The van der Waals surface area contributed by atoms with Gasteiger partial charge in [0.1, 0.15) is 6.04 Å². The lowest BCUT2D eigenvalue weighted by Gasteiger charge is -2.36. The van der Waals surface area contributed by atoms with Crippen LogP contribution < -0.4 is 0 Å². The fraction of sp³-hybridized carbons (Fsp3) is 0.316. The van der Waals surface area contributed by atoms with Crippen molar-refractivity contribution in [3.05, 3.63) is 71.8 Å². The summed E-state index contributed by atoms with van der Waals surface area (Å²) < 4.78 is 0. The predicted octanol–water partition coefficient (Wildman–Crippen LogP) is 2.91. The van der Waals surface area contributed by atoms with Crippen LogP contribution in [0, 0.1) is 0 Å². The lowest BCUT2D eigenvalue weighted by Crippen LogP contribution is -2.53. The Hall–Kier alpha value is -2.17. The second kappa shape index (κ2) is 7.40. The van der Waals surface area contributed by atoms with Gasteiger partial charge in [0.05, 0.1) is 5.60 Å². The maximum atomic E-state index is 11.8. The Bertz CT molecular complexity index is 579. The first kappa shape index (κ1) is 17.2. The number of carbonyl (C=O) groups is 1. The van der Waals surface area contributed by atoms with E-state index in [0.717, 1.165) is 11.1 Å². The first-order valence-corrected chi connectivity index (χ1v) is 7.65. The summed E-state index contributed by atoms with van der Waals surface area (Å²) in [6.45, 7) is 3.98. The smallest absolute Gasteiger partial charge is 0.323 e. The number of carboxylic acids is 1. The summed E-state index contributed by atoms with van der Waals surface area (Å²) in [6, 6.07) is 18.4. The highest BCUT2D eigenvalue weighted by Crippen LogP contribution is 2.21. The van der Waals surface area contributed by atoms with Crippen LogP contribution in [0.4, 0.5) is 0 Å². The van der Waals surface area contributed by atoms with E-state index in [2.05, 4.69) is 0 Å². The van der Waals surface area contributed by atoms with Gasteiger partial charge in [-0.25, -0.2) is 0 Å². The van der Waals surface area contributed by atoms with Crippen LogP contribution in [-0.4, -0.2) is 32.7 Å². The second-order valence-electron chi connectivity index (χ2n) is 6.27. The molecule has 0 aromatic heterocycles. The Kier molecular flexibility index (Phi) is 5.53. The lowest BCUT2D eigenvalue weighted by molar-refractivity contribution is -0.153. The molecule has 0 aliphatic carbocycles. The fourth-order valence-corrected chi connectivity index (χ4v) is 2.78. The van der Waals surface area contributed by atoms with E-state index < -0.39 is 17.6 Å². The molecule has 0 amide bonds. The molecule has 0 aliphatic rings. The first-order chi connectivity index (χ1) is 10.9. The second-order valence-corrected chi connectivity index (χ2v) is 6.27. The highest BCUT2D eigenvalue weighted by molar-refractivity contribution is 5.75. The van der Waals surface area contributed by atoms with Crippen LogP contribution in [-0.2, 0) is 17.9 Å². The summed E-state index contributed by atoms with van der Waals surface area (Å²) >= 11 is 0. The van der Waals surface area contributed by atoms with Gasteiger partial charge in [0.25, 0.3) is 0 Å². The van der Waals surface area contributed by atoms with Crippen LogP contribution in [0.1, 0.15) is 25.0 Å². The van der Waals surface area contributed by atoms with E-state index in [1.165, 1.54) is 13.8 Å². The average molecular weight is 313 g/mol. The number of aliphatic carboxylic acids is 1. The first-order valence-electron chi connectivity index (χ1n) is 7.65. The lowest BCUT2D eigenvalue weighted by atomic mass is 9.96. The zero-order valence-electron chi connectivity index (χ0n) is 13.5. The molecule has 0 fully saturated rings. The minimum absolute atomic E-state index is 0.455. The highest BCUT2D eigenvalue weighted by Gasteiger charge is 2.38. The summed E-state index contributed by atoms with van der Waals surface area (Å²) in [6.07, 6.45) is 0. The van der Waals surface area contributed by atoms with Crippen LogP contribution in [0.15, 0.2) is 60.7 Å². The zero-order chi connectivity index (χ0) is 16.9. The van der Waals surface area contributed by atoms with Gasteiger partial charge in [0, 0.05) is 13.1 Å². The van der Waals surface area contributed by atoms with Crippen molar-refractivity contribution in [1.29, 1.82) is 0 Å². The third kappa shape index (κ3) is 4.91. The van der Waals surface area contributed by atoms with Crippen molar-refractivity contribution in [3.63, 3.8) is 0 Å². The topological polar surface area (TPSA) is 60.8 Å². The van der Waals surface area contributed by atoms with Gasteiger partial charge in [0.15, 0.2) is 0 Å². The molecule has 1 atom stereocenters. The van der Waals surface area contributed by atoms with Gasteiger partial charge in [-0.1, -0.05) is 60.7 Å². The molecule has 0 bridgehead atoms. The maximum absolute atomic E-state index is 11.8.